The third kappa shape index (κ3) is 11.5. The van der Waals surface area contributed by atoms with Crippen molar-refractivity contribution in [1.82, 2.24) is 0 Å². The monoisotopic (exact) mass is 196 g/mol. The lowest BCUT2D eigenvalue weighted by Crippen LogP contribution is -1.98. The molecule has 0 aromatic rings. The zero-order valence-electron chi connectivity index (χ0n) is 9.68. The van der Waals surface area contributed by atoms with E-state index < -0.39 is 0 Å². The first-order valence-electron chi connectivity index (χ1n) is 5.91. The van der Waals surface area contributed by atoms with E-state index in [0.29, 0.717) is 0 Å². The van der Waals surface area contributed by atoms with Crippen LogP contribution in [0.25, 0.3) is 0 Å². The van der Waals surface area contributed by atoms with Gasteiger partial charge in [-0.3, -0.25) is 0 Å². The van der Waals surface area contributed by atoms with Gasteiger partial charge >= 0.3 is 0 Å². The summed E-state index contributed by atoms with van der Waals surface area (Å²) in [6.45, 7) is 3.95. The minimum atomic E-state index is -0.120. The summed E-state index contributed by atoms with van der Waals surface area (Å²) in [5.74, 6) is 6.24. The lowest BCUT2D eigenvalue weighted by Gasteiger charge is -2.02. The maximum atomic E-state index is 9.03. The standard InChI is InChI=1S/C13H24O/c1-3-4-5-6-7-8-9-10-11-12-13(2)14/h13-14H,3,6-12H2,1-2H3. The molecule has 82 valence electrons. The molecule has 0 amide bonds. The van der Waals surface area contributed by atoms with Gasteiger partial charge in [0.1, 0.15) is 0 Å². The van der Waals surface area contributed by atoms with Gasteiger partial charge in [0, 0.05) is 12.8 Å². The van der Waals surface area contributed by atoms with E-state index in [-0.39, 0.29) is 6.10 Å². The van der Waals surface area contributed by atoms with Gasteiger partial charge in [0.05, 0.1) is 6.10 Å². The fourth-order valence-electron chi connectivity index (χ4n) is 1.40. The highest BCUT2D eigenvalue weighted by molar-refractivity contribution is 4.97. The summed E-state index contributed by atoms with van der Waals surface area (Å²) in [6, 6.07) is 0. The average Bonchev–Trinajstić information content (AvgIpc) is 2.15. The Morgan fingerprint density at radius 2 is 1.64 bits per heavy atom. The summed E-state index contributed by atoms with van der Waals surface area (Å²) in [4.78, 5) is 0. The van der Waals surface area contributed by atoms with Crippen LogP contribution < -0.4 is 0 Å². The largest absolute Gasteiger partial charge is 0.393 e. The van der Waals surface area contributed by atoms with Crippen molar-refractivity contribution in [2.75, 3.05) is 0 Å². The Morgan fingerprint density at radius 3 is 2.29 bits per heavy atom. The first-order valence-corrected chi connectivity index (χ1v) is 5.91. The van der Waals surface area contributed by atoms with Crippen LogP contribution in [0.15, 0.2) is 0 Å². The molecule has 0 aromatic heterocycles. The van der Waals surface area contributed by atoms with Gasteiger partial charge in [0.2, 0.25) is 0 Å². The van der Waals surface area contributed by atoms with Crippen LogP contribution in [0.4, 0.5) is 0 Å². The fourth-order valence-corrected chi connectivity index (χ4v) is 1.40. The molecule has 0 spiro atoms. The summed E-state index contributed by atoms with van der Waals surface area (Å²) >= 11 is 0. The highest BCUT2D eigenvalue weighted by Gasteiger charge is 1.94. The molecular weight excluding hydrogens is 172 g/mol. The zero-order chi connectivity index (χ0) is 10.6. The molecule has 0 aliphatic carbocycles. The Balaban J connectivity index is 2.99. The average molecular weight is 196 g/mol. The summed E-state index contributed by atoms with van der Waals surface area (Å²) in [7, 11) is 0. The predicted molar refractivity (Wildman–Crippen MR) is 62.1 cm³/mol. The Hall–Kier alpha value is -0.480. The normalized spacial score (nSPS) is 11.9. The van der Waals surface area contributed by atoms with Crippen molar-refractivity contribution in [1.29, 1.82) is 0 Å². The molecular formula is C13H24O. The molecule has 14 heavy (non-hydrogen) atoms. The molecule has 1 atom stereocenters. The van der Waals surface area contributed by atoms with Gasteiger partial charge in [-0.2, -0.15) is 0 Å². The summed E-state index contributed by atoms with van der Waals surface area (Å²) in [6.07, 6.45) is 9.12. The number of rotatable bonds is 7. The molecule has 0 aromatic carbocycles. The number of aliphatic hydroxyl groups is 1. The van der Waals surface area contributed by atoms with Gasteiger partial charge in [0.15, 0.2) is 0 Å². The van der Waals surface area contributed by atoms with Crippen LogP contribution in [0, 0.1) is 11.8 Å². The van der Waals surface area contributed by atoms with Gasteiger partial charge in [-0.15, -0.1) is 11.8 Å². The van der Waals surface area contributed by atoms with Crippen molar-refractivity contribution in [2.24, 2.45) is 0 Å². The van der Waals surface area contributed by atoms with E-state index in [4.69, 9.17) is 5.11 Å². The molecule has 1 unspecified atom stereocenters. The van der Waals surface area contributed by atoms with Crippen LogP contribution in [-0.4, -0.2) is 11.2 Å². The van der Waals surface area contributed by atoms with E-state index >= 15 is 0 Å². The van der Waals surface area contributed by atoms with Gasteiger partial charge < -0.3 is 5.11 Å². The molecule has 0 heterocycles. The van der Waals surface area contributed by atoms with Crippen LogP contribution in [-0.2, 0) is 0 Å². The first-order chi connectivity index (χ1) is 6.77. The highest BCUT2D eigenvalue weighted by atomic mass is 16.3. The van der Waals surface area contributed by atoms with Crippen LogP contribution in [0.5, 0.6) is 0 Å². The number of aliphatic hydroxyl groups excluding tert-OH is 1. The molecule has 0 saturated heterocycles. The maximum absolute atomic E-state index is 9.03. The minimum Gasteiger partial charge on any atom is -0.393 e. The van der Waals surface area contributed by atoms with Gasteiger partial charge in [-0.1, -0.05) is 32.6 Å². The van der Waals surface area contributed by atoms with Gasteiger partial charge in [-0.05, 0) is 19.8 Å². The van der Waals surface area contributed by atoms with Crippen molar-refractivity contribution in [3.63, 3.8) is 0 Å². The van der Waals surface area contributed by atoms with Crippen LogP contribution >= 0.6 is 0 Å². The van der Waals surface area contributed by atoms with E-state index in [0.717, 1.165) is 25.7 Å². The summed E-state index contributed by atoms with van der Waals surface area (Å²) in [5, 5.41) is 9.03. The Morgan fingerprint density at radius 1 is 1.00 bits per heavy atom. The number of unbranched alkanes of at least 4 members (excludes halogenated alkanes) is 5. The molecule has 0 aliphatic rings. The zero-order valence-corrected chi connectivity index (χ0v) is 9.68. The fraction of sp³-hybridized carbons (Fsp3) is 0.846. The van der Waals surface area contributed by atoms with Crippen molar-refractivity contribution in [3.05, 3.63) is 0 Å². The second kappa shape index (κ2) is 10.6. The van der Waals surface area contributed by atoms with E-state index in [1.54, 1.807) is 0 Å². The predicted octanol–water partition coefficient (Wildman–Crippen LogP) is 3.51. The topological polar surface area (TPSA) is 20.2 Å². The van der Waals surface area contributed by atoms with Gasteiger partial charge in [0.25, 0.3) is 0 Å². The molecule has 0 rings (SSSR count). The third-order valence-corrected chi connectivity index (χ3v) is 2.23. The number of hydrogen-bond acceptors (Lipinski definition) is 1. The molecule has 1 nitrogen and oxygen atoms in total. The van der Waals surface area contributed by atoms with Crippen molar-refractivity contribution in [3.8, 4) is 11.8 Å². The molecule has 0 saturated carbocycles. The Kier molecular flexibility index (Phi) is 10.2. The smallest absolute Gasteiger partial charge is 0.0512 e. The second-order valence-electron chi connectivity index (χ2n) is 3.86. The van der Waals surface area contributed by atoms with Crippen LogP contribution in [0.2, 0.25) is 0 Å². The molecule has 0 fully saturated rings. The molecule has 1 heteroatoms. The van der Waals surface area contributed by atoms with Gasteiger partial charge in [-0.25, -0.2) is 0 Å². The van der Waals surface area contributed by atoms with Crippen LogP contribution in [0.1, 0.15) is 65.2 Å². The lowest BCUT2D eigenvalue weighted by molar-refractivity contribution is 0.180. The quantitative estimate of drug-likeness (QED) is 0.488. The third-order valence-electron chi connectivity index (χ3n) is 2.23. The van der Waals surface area contributed by atoms with E-state index in [9.17, 15) is 0 Å². The van der Waals surface area contributed by atoms with Crippen molar-refractivity contribution >= 4 is 0 Å². The summed E-state index contributed by atoms with van der Waals surface area (Å²) < 4.78 is 0. The van der Waals surface area contributed by atoms with Crippen molar-refractivity contribution in [2.45, 2.75) is 71.3 Å². The van der Waals surface area contributed by atoms with E-state index in [1.807, 2.05) is 6.92 Å². The SMILES string of the molecule is CCC#CCCCCCCCC(C)O. The Bertz CT molecular complexity index is 162. The van der Waals surface area contributed by atoms with E-state index in [1.165, 1.54) is 25.7 Å². The lowest BCUT2D eigenvalue weighted by atomic mass is 10.1. The number of hydrogen-bond donors (Lipinski definition) is 1. The second-order valence-corrected chi connectivity index (χ2v) is 3.86. The van der Waals surface area contributed by atoms with Crippen molar-refractivity contribution < 1.29 is 5.11 Å². The Labute approximate surface area is 88.9 Å². The minimum absolute atomic E-state index is 0.120. The molecule has 0 radical (unpaired) electrons. The van der Waals surface area contributed by atoms with Crippen LogP contribution in [0.3, 0.4) is 0 Å². The summed E-state index contributed by atoms with van der Waals surface area (Å²) in [5.41, 5.74) is 0. The molecule has 1 N–H and O–H groups in total. The highest BCUT2D eigenvalue weighted by Crippen LogP contribution is 2.08. The van der Waals surface area contributed by atoms with E-state index in [2.05, 4.69) is 18.8 Å². The maximum Gasteiger partial charge on any atom is 0.0512 e. The molecule has 0 aliphatic heterocycles. The molecule has 0 bridgehead atoms. The first kappa shape index (κ1) is 13.5.